The molecule has 0 aliphatic carbocycles. The molecule has 0 bridgehead atoms. The number of rotatable bonds is 6. The van der Waals surface area contributed by atoms with E-state index in [0.29, 0.717) is 40.0 Å². The van der Waals surface area contributed by atoms with Crippen LogP contribution in [0.5, 0.6) is 5.75 Å². The maximum Gasteiger partial charge on any atom is 0.229 e. The third-order valence-electron chi connectivity index (χ3n) is 5.34. The van der Waals surface area contributed by atoms with Gasteiger partial charge in [0, 0.05) is 30.5 Å². The van der Waals surface area contributed by atoms with E-state index in [1.807, 2.05) is 20.8 Å². The fraction of sp³-hybridized carbons (Fsp3) is 0.280. The molecule has 14 heteroatoms. The Labute approximate surface area is 225 Å². The minimum absolute atomic E-state index is 0.0743. The Hall–Kier alpha value is -4.59. The second-order valence-electron chi connectivity index (χ2n) is 10.0. The van der Waals surface area contributed by atoms with Crippen molar-refractivity contribution in [2.75, 3.05) is 21.6 Å². The van der Waals surface area contributed by atoms with E-state index in [1.165, 1.54) is 30.8 Å². The van der Waals surface area contributed by atoms with Gasteiger partial charge >= 0.3 is 0 Å². The Balaban J connectivity index is 1.80. The van der Waals surface area contributed by atoms with E-state index in [9.17, 15) is 23.1 Å². The van der Waals surface area contributed by atoms with E-state index in [1.54, 1.807) is 24.3 Å². The van der Waals surface area contributed by atoms with Crippen LogP contribution < -0.4 is 15.4 Å². The van der Waals surface area contributed by atoms with Gasteiger partial charge in [-0.15, -0.1) is 9.89 Å². The van der Waals surface area contributed by atoms with Crippen LogP contribution in [0.2, 0.25) is 0 Å². The predicted molar refractivity (Wildman–Crippen MR) is 149 cm³/mol. The van der Waals surface area contributed by atoms with Gasteiger partial charge in [-0.3, -0.25) is 14.3 Å². The molecule has 4 rings (SSSR count). The summed E-state index contributed by atoms with van der Waals surface area (Å²) in [6, 6.07) is 9.52. The number of aliphatic imine (C=N–C) groups is 1. The molecule has 0 radical (unpaired) electrons. The highest BCUT2D eigenvalue weighted by Gasteiger charge is 2.35. The molecule has 1 aliphatic heterocycles. The van der Waals surface area contributed by atoms with Crippen LogP contribution in [0.4, 0.5) is 22.7 Å². The number of anilines is 3. The van der Waals surface area contributed by atoms with E-state index in [4.69, 9.17) is 4.99 Å². The number of aromatic hydroxyl groups is 1. The van der Waals surface area contributed by atoms with Crippen LogP contribution in [0.1, 0.15) is 40.4 Å². The first-order valence-corrected chi connectivity index (χ1v) is 13.7. The van der Waals surface area contributed by atoms with E-state index in [-0.39, 0.29) is 17.1 Å². The largest absolute Gasteiger partial charge is 0.504 e. The summed E-state index contributed by atoms with van der Waals surface area (Å²) in [4.78, 5) is 34.2. The van der Waals surface area contributed by atoms with Crippen molar-refractivity contribution in [2.24, 2.45) is 15.5 Å². The molecule has 0 spiro atoms. The Kier molecular flexibility index (Phi) is 7.00. The van der Waals surface area contributed by atoms with Crippen molar-refractivity contribution in [3.63, 3.8) is 0 Å². The van der Waals surface area contributed by atoms with Crippen molar-refractivity contribution < 1.29 is 23.1 Å². The lowest BCUT2D eigenvalue weighted by Crippen LogP contribution is -2.27. The number of hydrogen-bond acceptors (Lipinski definition) is 9. The Morgan fingerprint density at radius 1 is 1.00 bits per heavy atom. The second kappa shape index (κ2) is 9.94. The summed E-state index contributed by atoms with van der Waals surface area (Å²) in [5.41, 5.74) is 2.08. The van der Waals surface area contributed by atoms with Gasteiger partial charge in [0.05, 0.1) is 29.0 Å². The third-order valence-corrected chi connectivity index (χ3v) is 5.94. The van der Waals surface area contributed by atoms with E-state index in [0.717, 1.165) is 6.26 Å². The normalized spacial score (nSPS) is 14.1. The van der Waals surface area contributed by atoms with Gasteiger partial charge in [0.25, 0.3) is 0 Å². The number of sulfonamides is 1. The molecule has 3 aromatic rings. The van der Waals surface area contributed by atoms with Gasteiger partial charge < -0.3 is 15.7 Å². The second-order valence-corrected chi connectivity index (χ2v) is 11.8. The molecule has 4 N–H and O–H groups in total. The molecule has 1 aliphatic rings. The lowest BCUT2D eigenvalue weighted by atomic mass is 9.87. The smallest absolute Gasteiger partial charge is 0.229 e. The molecule has 39 heavy (non-hydrogen) atoms. The zero-order valence-corrected chi connectivity index (χ0v) is 23.0. The number of carbonyl (C=O) groups excluding carboxylic acids is 2. The third kappa shape index (κ3) is 6.29. The number of aromatic nitrogens is 3. The average molecular weight is 553 g/mol. The van der Waals surface area contributed by atoms with Crippen molar-refractivity contribution in [3.05, 3.63) is 42.2 Å². The fourth-order valence-electron chi connectivity index (χ4n) is 3.78. The molecule has 1 aromatic heterocycles. The number of phenolic OH excluding ortho intramolecular Hbond substituents is 1. The summed E-state index contributed by atoms with van der Waals surface area (Å²) in [6.45, 7) is 8.48. The minimum atomic E-state index is -3.41. The van der Waals surface area contributed by atoms with Gasteiger partial charge in [0.2, 0.25) is 27.7 Å². The lowest BCUT2D eigenvalue weighted by molar-refractivity contribution is -0.115. The number of nitrogens with one attached hydrogen (secondary N) is 3. The van der Waals surface area contributed by atoms with Crippen molar-refractivity contribution in [1.82, 2.24) is 14.9 Å². The van der Waals surface area contributed by atoms with Crippen LogP contribution in [-0.4, -0.2) is 57.9 Å². The van der Waals surface area contributed by atoms with Crippen molar-refractivity contribution >= 4 is 56.0 Å². The van der Waals surface area contributed by atoms with Crippen molar-refractivity contribution in [2.45, 2.75) is 34.6 Å². The summed E-state index contributed by atoms with van der Waals surface area (Å²) in [7, 11) is -3.41. The summed E-state index contributed by atoms with van der Waals surface area (Å²) in [6.07, 6.45) is 1.07. The Bertz CT molecular complexity index is 1610. The predicted octanol–water partition coefficient (Wildman–Crippen LogP) is 3.32. The highest BCUT2D eigenvalue weighted by atomic mass is 32.2. The number of amides is 2. The van der Waals surface area contributed by atoms with Crippen LogP contribution in [0.15, 0.2) is 46.5 Å². The maximum absolute atomic E-state index is 11.7. The van der Waals surface area contributed by atoms with Crippen LogP contribution in [0.25, 0.3) is 11.4 Å². The van der Waals surface area contributed by atoms with Gasteiger partial charge in [0.15, 0.2) is 11.6 Å². The highest BCUT2D eigenvalue weighted by Crippen LogP contribution is 2.38. The molecular weight excluding hydrogens is 524 g/mol. The van der Waals surface area contributed by atoms with Crippen molar-refractivity contribution in [1.29, 1.82) is 0 Å². The molecule has 0 saturated carbocycles. The Morgan fingerprint density at radius 3 is 2.05 bits per heavy atom. The molecule has 0 fully saturated rings. The molecule has 0 saturated heterocycles. The van der Waals surface area contributed by atoms with Gasteiger partial charge in [-0.1, -0.05) is 20.8 Å². The SMILES string of the molecule is CC(=O)Nc1cc(N=C2C(C(C)(C)C)=Nn3nc(-c4ccc(NS(C)(=O)=O)cc4)nc32)cc(NC(C)=O)c1O. The molecule has 2 heterocycles. The van der Waals surface area contributed by atoms with Crippen molar-refractivity contribution in [3.8, 4) is 17.1 Å². The summed E-state index contributed by atoms with van der Waals surface area (Å²) < 4.78 is 25.4. The minimum Gasteiger partial charge on any atom is -0.504 e. The lowest BCUT2D eigenvalue weighted by Gasteiger charge is -2.18. The first-order chi connectivity index (χ1) is 18.1. The summed E-state index contributed by atoms with van der Waals surface area (Å²) >= 11 is 0. The van der Waals surface area contributed by atoms with Crippen LogP contribution in [0, 0.1) is 5.41 Å². The monoisotopic (exact) mass is 552 g/mol. The zero-order chi connectivity index (χ0) is 28.7. The van der Waals surface area contributed by atoms with Crippen LogP contribution >= 0.6 is 0 Å². The number of nitrogens with zero attached hydrogens (tertiary/aromatic N) is 5. The van der Waals surface area contributed by atoms with E-state index in [2.05, 4.69) is 30.5 Å². The summed E-state index contributed by atoms with van der Waals surface area (Å²) in [5.74, 6) is -0.417. The number of phenols is 1. The Morgan fingerprint density at radius 2 is 1.56 bits per heavy atom. The fourth-order valence-corrected chi connectivity index (χ4v) is 4.35. The number of carbonyl (C=O) groups is 2. The van der Waals surface area contributed by atoms with Crippen LogP contribution in [-0.2, 0) is 19.6 Å². The molecule has 204 valence electrons. The number of fused-ring (bicyclic) bond motifs is 1. The maximum atomic E-state index is 11.7. The molecular formula is C25H28N8O5S. The van der Waals surface area contributed by atoms with Gasteiger partial charge in [-0.25, -0.2) is 18.4 Å². The number of hydrogen-bond donors (Lipinski definition) is 4. The number of benzene rings is 2. The van der Waals surface area contributed by atoms with Gasteiger partial charge in [0.1, 0.15) is 5.71 Å². The highest BCUT2D eigenvalue weighted by molar-refractivity contribution is 7.92. The topological polar surface area (TPSA) is 180 Å². The molecule has 2 aromatic carbocycles. The average Bonchev–Trinajstić information content (AvgIpc) is 3.35. The summed E-state index contributed by atoms with van der Waals surface area (Å²) in [5, 5.41) is 24.8. The van der Waals surface area contributed by atoms with E-state index < -0.39 is 27.3 Å². The molecule has 0 atom stereocenters. The molecule has 2 amide bonds. The zero-order valence-electron chi connectivity index (χ0n) is 22.2. The first-order valence-electron chi connectivity index (χ1n) is 11.8. The standard InChI is InChI=1S/C25H28N8O5S/c1-13(34)26-18-11-17(12-19(21(18)36)27-14(2)35)28-20-22(25(3,4)5)30-33-24(20)29-23(31-33)15-7-9-16(10-8-15)32-39(6,37)38/h7-12,32,36H,1-6H3,(H,26,34)(H,27,35). The van der Waals surface area contributed by atoms with Gasteiger partial charge in [-0.2, -0.15) is 5.10 Å². The first kappa shape index (κ1) is 27.4. The van der Waals surface area contributed by atoms with Gasteiger partial charge in [-0.05, 0) is 36.4 Å². The van der Waals surface area contributed by atoms with E-state index >= 15 is 0 Å². The quantitative estimate of drug-likeness (QED) is 0.338. The molecule has 13 nitrogen and oxygen atoms in total. The molecule has 0 unspecified atom stereocenters. The van der Waals surface area contributed by atoms with Crippen LogP contribution in [0.3, 0.4) is 0 Å².